The van der Waals surface area contributed by atoms with Gasteiger partial charge in [-0.05, 0) is 61.5 Å². The van der Waals surface area contributed by atoms with Crippen LogP contribution in [0.5, 0.6) is 0 Å². The van der Waals surface area contributed by atoms with Crippen LogP contribution in [0.2, 0.25) is 0 Å². The third-order valence-electron chi connectivity index (χ3n) is 8.13. The van der Waals surface area contributed by atoms with Crippen molar-refractivity contribution in [3.8, 4) is 0 Å². The number of carbonyl (C=O) groups is 3. The number of nitrogens with one attached hydrogen (secondary N) is 2. The molecule has 0 bridgehead atoms. The zero-order chi connectivity index (χ0) is 23.6. The minimum Gasteiger partial charge on any atom is -0.357 e. The lowest BCUT2D eigenvalue weighted by Crippen LogP contribution is -2.51. The topological polar surface area (TPSA) is 94.6 Å². The number of rotatable bonds is 7. The number of nitrogens with zero attached hydrogens (tertiary/aromatic N) is 3. The van der Waals surface area contributed by atoms with Gasteiger partial charge in [0.05, 0.1) is 0 Å². The molecule has 8 heteroatoms. The summed E-state index contributed by atoms with van der Waals surface area (Å²) in [5.41, 5.74) is 0.276. The number of imide groups is 1. The van der Waals surface area contributed by atoms with Crippen LogP contribution >= 0.6 is 0 Å². The van der Waals surface area contributed by atoms with Crippen LogP contribution in [0.25, 0.3) is 0 Å². The van der Waals surface area contributed by atoms with Gasteiger partial charge in [-0.15, -0.1) is 0 Å². The van der Waals surface area contributed by atoms with Crippen molar-refractivity contribution in [2.45, 2.75) is 77.8 Å². The van der Waals surface area contributed by atoms with Gasteiger partial charge in [0.1, 0.15) is 17.9 Å². The average Bonchev–Trinajstić information content (AvgIpc) is 3.42. The summed E-state index contributed by atoms with van der Waals surface area (Å²) in [5.74, 6) is 0.900. The van der Waals surface area contributed by atoms with E-state index in [4.69, 9.17) is 0 Å². The monoisotopic (exact) mass is 455 g/mol. The van der Waals surface area contributed by atoms with E-state index in [-0.39, 0.29) is 23.8 Å². The number of urea groups is 1. The number of hydrogen-bond donors (Lipinski definition) is 2. The lowest BCUT2D eigenvalue weighted by molar-refractivity contribution is -0.136. The molecule has 3 heterocycles. The van der Waals surface area contributed by atoms with Crippen molar-refractivity contribution in [2.24, 2.45) is 11.3 Å². The van der Waals surface area contributed by atoms with E-state index in [1.165, 1.54) is 12.8 Å². The third-order valence-corrected chi connectivity index (χ3v) is 8.13. The highest BCUT2D eigenvalue weighted by atomic mass is 16.2. The molecule has 180 valence electrons. The highest BCUT2D eigenvalue weighted by molar-refractivity contribution is 6.09. The molecule has 33 heavy (non-hydrogen) atoms. The van der Waals surface area contributed by atoms with Crippen LogP contribution in [0.3, 0.4) is 0 Å². The molecule has 3 fully saturated rings. The molecule has 1 aliphatic carbocycles. The fourth-order valence-electron chi connectivity index (χ4n) is 5.39. The van der Waals surface area contributed by atoms with Gasteiger partial charge in [0.25, 0.3) is 5.91 Å². The van der Waals surface area contributed by atoms with Crippen molar-refractivity contribution in [1.29, 1.82) is 0 Å². The Bertz CT molecular complexity index is 884. The fraction of sp³-hybridized carbons (Fsp3) is 0.680. The molecule has 0 radical (unpaired) electrons. The molecule has 1 aromatic heterocycles. The van der Waals surface area contributed by atoms with Crippen molar-refractivity contribution in [3.05, 3.63) is 23.9 Å². The SMILES string of the molecule is CCC(C)(C)C1CCC2(CC1)NC(=O)N(CC(=O)NCc1ccc(N3CCCC3)nc1)C2=O. The fourth-order valence-corrected chi connectivity index (χ4v) is 5.39. The average molecular weight is 456 g/mol. The van der Waals surface area contributed by atoms with Crippen LogP contribution in [0, 0.1) is 11.3 Å². The summed E-state index contributed by atoms with van der Waals surface area (Å²) >= 11 is 0. The van der Waals surface area contributed by atoms with Crippen LogP contribution in [0.1, 0.15) is 71.3 Å². The van der Waals surface area contributed by atoms with Crippen molar-refractivity contribution >= 4 is 23.7 Å². The van der Waals surface area contributed by atoms with Crippen molar-refractivity contribution in [1.82, 2.24) is 20.5 Å². The predicted molar refractivity (Wildman–Crippen MR) is 127 cm³/mol. The molecule has 3 aliphatic rings. The van der Waals surface area contributed by atoms with Crippen LogP contribution in [-0.2, 0) is 16.1 Å². The predicted octanol–water partition coefficient (Wildman–Crippen LogP) is 3.22. The maximum atomic E-state index is 13.1. The second-order valence-electron chi connectivity index (χ2n) is 10.5. The summed E-state index contributed by atoms with van der Waals surface area (Å²) in [4.78, 5) is 46.1. The van der Waals surface area contributed by atoms with Gasteiger partial charge in [0.15, 0.2) is 0 Å². The maximum absolute atomic E-state index is 13.1. The maximum Gasteiger partial charge on any atom is 0.325 e. The van der Waals surface area contributed by atoms with E-state index in [2.05, 4.69) is 41.3 Å². The summed E-state index contributed by atoms with van der Waals surface area (Å²) in [7, 11) is 0. The summed E-state index contributed by atoms with van der Waals surface area (Å²) in [6.07, 6.45) is 8.35. The molecule has 2 aliphatic heterocycles. The normalized spacial score (nSPS) is 25.6. The van der Waals surface area contributed by atoms with Crippen molar-refractivity contribution in [2.75, 3.05) is 24.5 Å². The first-order valence-corrected chi connectivity index (χ1v) is 12.3. The zero-order valence-corrected chi connectivity index (χ0v) is 20.2. The molecular weight excluding hydrogens is 418 g/mol. The molecule has 4 rings (SSSR count). The Morgan fingerprint density at radius 3 is 2.52 bits per heavy atom. The minimum atomic E-state index is -0.840. The van der Waals surface area contributed by atoms with Gasteiger partial charge in [0, 0.05) is 25.8 Å². The Morgan fingerprint density at radius 1 is 1.21 bits per heavy atom. The minimum absolute atomic E-state index is 0.231. The van der Waals surface area contributed by atoms with Crippen molar-refractivity contribution < 1.29 is 14.4 Å². The van der Waals surface area contributed by atoms with E-state index in [0.29, 0.717) is 25.3 Å². The lowest BCUT2D eigenvalue weighted by Gasteiger charge is -2.42. The summed E-state index contributed by atoms with van der Waals surface area (Å²) in [6, 6.07) is 3.48. The number of pyridine rings is 1. The third kappa shape index (κ3) is 4.84. The summed E-state index contributed by atoms with van der Waals surface area (Å²) in [6.45, 7) is 8.88. The standard InChI is InChI=1S/C25H37N5O3/c1-4-24(2,3)19-9-11-25(12-10-19)22(32)30(23(33)28-25)17-21(31)27-16-18-7-8-20(26-15-18)29-13-5-6-14-29/h7-8,15,19H,4-6,9-14,16-17H2,1-3H3,(H,27,31)(H,28,33). The number of carbonyl (C=O) groups excluding carboxylic acids is 3. The number of aromatic nitrogens is 1. The number of amides is 4. The second-order valence-corrected chi connectivity index (χ2v) is 10.5. The Hall–Kier alpha value is -2.64. The molecular formula is C25H37N5O3. The van der Waals surface area contributed by atoms with E-state index in [0.717, 1.165) is 48.6 Å². The van der Waals surface area contributed by atoms with E-state index >= 15 is 0 Å². The van der Waals surface area contributed by atoms with Gasteiger partial charge < -0.3 is 15.5 Å². The highest BCUT2D eigenvalue weighted by Crippen LogP contribution is 2.45. The first kappa shape index (κ1) is 23.5. The molecule has 1 saturated carbocycles. The molecule has 0 aromatic carbocycles. The van der Waals surface area contributed by atoms with Gasteiger partial charge in [0.2, 0.25) is 5.91 Å². The zero-order valence-electron chi connectivity index (χ0n) is 20.2. The molecule has 1 aromatic rings. The van der Waals surface area contributed by atoms with E-state index < -0.39 is 11.6 Å². The van der Waals surface area contributed by atoms with Crippen LogP contribution < -0.4 is 15.5 Å². The van der Waals surface area contributed by atoms with Gasteiger partial charge in [-0.25, -0.2) is 9.78 Å². The Labute approximate surface area is 196 Å². The smallest absolute Gasteiger partial charge is 0.325 e. The molecule has 4 amide bonds. The first-order valence-electron chi connectivity index (χ1n) is 12.3. The van der Waals surface area contributed by atoms with Crippen molar-refractivity contribution in [3.63, 3.8) is 0 Å². The molecule has 2 N–H and O–H groups in total. The van der Waals surface area contributed by atoms with Gasteiger partial charge in [-0.2, -0.15) is 0 Å². The largest absolute Gasteiger partial charge is 0.357 e. The van der Waals surface area contributed by atoms with Gasteiger partial charge in [-0.3, -0.25) is 14.5 Å². The second kappa shape index (κ2) is 9.31. The summed E-state index contributed by atoms with van der Waals surface area (Å²) in [5, 5.41) is 5.73. The molecule has 0 unspecified atom stereocenters. The van der Waals surface area contributed by atoms with E-state index in [9.17, 15) is 14.4 Å². The quantitative estimate of drug-likeness (QED) is 0.616. The highest BCUT2D eigenvalue weighted by Gasteiger charge is 2.53. The Kier molecular flexibility index (Phi) is 6.64. The lowest BCUT2D eigenvalue weighted by atomic mass is 9.65. The molecule has 0 atom stereocenters. The van der Waals surface area contributed by atoms with Crippen LogP contribution in [0.15, 0.2) is 18.3 Å². The first-order chi connectivity index (χ1) is 15.7. The Balaban J connectivity index is 1.29. The van der Waals surface area contributed by atoms with Crippen LogP contribution in [-0.4, -0.2) is 52.9 Å². The molecule has 1 spiro atoms. The van der Waals surface area contributed by atoms with Crippen LogP contribution in [0.4, 0.5) is 10.6 Å². The van der Waals surface area contributed by atoms with Gasteiger partial charge in [-0.1, -0.05) is 33.3 Å². The Morgan fingerprint density at radius 2 is 1.91 bits per heavy atom. The van der Waals surface area contributed by atoms with Gasteiger partial charge >= 0.3 is 6.03 Å². The molecule has 2 saturated heterocycles. The van der Waals surface area contributed by atoms with E-state index in [1.807, 2.05) is 12.1 Å². The number of anilines is 1. The van der Waals surface area contributed by atoms with E-state index in [1.54, 1.807) is 6.20 Å². The summed E-state index contributed by atoms with van der Waals surface area (Å²) < 4.78 is 0. The number of hydrogen-bond acceptors (Lipinski definition) is 5. The molecule has 8 nitrogen and oxygen atoms in total.